The Bertz CT molecular complexity index is 764. The van der Waals surface area contributed by atoms with Crippen LogP contribution in [0.5, 0.6) is 0 Å². The van der Waals surface area contributed by atoms with Crippen LogP contribution in [-0.2, 0) is 20.7 Å². The third kappa shape index (κ3) is 5.42. The highest BCUT2D eigenvalue weighted by Crippen LogP contribution is 2.30. The van der Waals surface area contributed by atoms with E-state index in [1.165, 1.54) is 5.56 Å². The van der Waals surface area contributed by atoms with E-state index in [9.17, 15) is 9.59 Å². The van der Waals surface area contributed by atoms with Crippen LogP contribution in [-0.4, -0.2) is 50.1 Å². The lowest BCUT2D eigenvalue weighted by atomic mass is 9.84. The molecule has 0 unspecified atom stereocenters. The number of carbonyl (C=O) groups excluding carboxylic acids is 2. The minimum Gasteiger partial charge on any atom is -0.383 e. The highest BCUT2D eigenvalue weighted by atomic mass is 16.5. The fourth-order valence-electron chi connectivity index (χ4n) is 3.76. The zero-order valence-electron chi connectivity index (χ0n) is 16.3. The van der Waals surface area contributed by atoms with Crippen molar-refractivity contribution < 1.29 is 14.3 Å². The largest absolute Gasteiger partial charge is 0.383 e. The number of amides is 2. The molecule has 5 heteroatoms. The monoisotopic (exact) mass is 380 g/mol. The number of nitrogens with zero attached hydrogens (tertiary/aromatic N) is 1. The van der Waals surface area contributed by atoms with Gasteiger partial charge in [-0.15, -0.1) is 0 Å². The summed E-state index contributed by atoms with van der Waals surface area (Å²) in [4.78, 5) is 27.5. The Hall–Kier alpha value is -2.66. The van der Waals surface area contributed by atoms with Crippen molar-refractivity contribution in [3.63, 3.8) is 0 Å². The third-order valence-corrected chi connectivity index (χ3v) is 5.25. The summed E-state index contributed by atoms with van der Waals surface area (Å²) in [5, 5.41) is 2.93. The molecule has 148 valence electrons. The summed E-state index contributed by atoms with van der Waals surface area (Å²) in [6.07, 6.45) is 1.11. The van der Waals surface area contributed by atoms with Crippen molar-refractivity contribution in [2.45, 2.75) is 18.8 Å². The zero-order chi connectivity index (χ0) is 19.8. The molecule has 0 aromatic heterocycles. The van der Waals surface area contributed by atoms with E-state index in [0.717, 1.165) is 12.0 Å². The molecule has 1 heterocycles. The van der Waals surface area contributed by atoms with Gasteiger partial charge in [0, 0.05) is 32.7 Å². The third-order valence-electron chi connectivity index (χ3n) is 5.25. The lowest BCUT2D eigenvalue weighted by molar-refractivity contribution is -0.135. The first-order valence-corrected chi connectivity index (χ1v) is 9.80. The Balaban J connectivity index is 1.72. The van der Waals surface area contributed by atoms with E-state index in [2.05, 4.69) is 17.4 Å². The van der Waals surface area contributed by atoms with Crippen molar-refractivity contribution in [1.29, 1.82) is 0 Å². The van der Waals surface area contributed by atoms with E-state index in [0.29, 0.717) is 32.7 Å². The van der Waals surface area contributed by atoms with Crippen LogP contribution in [0.25, 0.3) is 0 Å². The first-order valence-electron chi connectivity index (χ1n) is 9.80. The van der Waals surface area contributed by atoms with Crippen LogP contribution in [0.2, 0.25) is 0 Å². The molecule has 0 radical (unpaired) electrons. The van der Waals surface area contributed by atoms with Crippen molar-refractivity contribution in [2.24, 2.45) is 5.92 Å². The smallest absolute Gasteiger partial charge is 0.227 e. The maximum Gasteiger partial charge on any atom is 0.227 e. The molecule has 1 fully saturated rings. The van der Waals surface area contributed by atoms with Crippen LogP contribution in [0.3, 0.4) is 0 Å². The fraction of sp³-hybridized carbons (Fsp3) is 0.391. The highest BCUT2D eigenvalue weighted by Gasteiger charge is 2.34. The lowest BCUT2D eigenvalue weighted by Gasteiger charge is -2.37. The molecule has 5 nitrogen and oxygen atoms in total. The number of piperidine rings is 1. The summed E-state index contributed by atoms with van der Waals surface area (Å²) >= 11 is 0. The Morgan fingerprint density at radius 2 is 1.71 bits per heavy atom. The normalized spacial score (nSPS) is 19.2. The topological polar surface area (TPSA) is 58.6 Å². The second-order valence-corrected chi connectivity index (χ2v) is 7.29. The van der Waals surface area contributed by atoms with Crippen molar-refractivity contribution in [2.75, 3.05) is 33.4 Å². The molecule has 28 heavy (non-hydrogen) atoms. The van der Waals surface area contributed by atoms with Gasteiger partial charge >= 0.3 is 0 Å². The summed E-state index contributed by atoms with van der Waals surface area (Å²) in [5.41, 5.74) is 2.17. The molecule has 2 atom stereocenters. The summed E-state index contributed by atoms with van der Waals surface area (Å²) in [5.74, 6) is 0.0140. The predicted octanol–water partition coefficient (Wildman–Crippen LogP) is 2.62. The van der Waals surface area contributed by atoms with Crippen LogP contribution in [0, 0.1) is 5.92 Å². The number of rotatable bonds is 7. The molecular formula is C23H28N2O3. The number of likely N-dealkylation sites (tertiary alicyclic amines) is 1. The fourth-order valence-corrected chi connectivity index (χ4v) is 3.76. The summed E-state index contributed by atoms with van der Waals surface area (Å²) < 4.78 is 5.02. The molecular weight excluding hydrogens is 352 g/mol. The summed E-state index contributed by atoms with van der Waals surface area (Å²) in [6.45, 7) is 2.09. The van der Waals surface area contributed by atoms with Gasteiger partial charge in [0.15, 0.2) is 0 Å². The molecule has 3 rings (SSSR count). The van der Waals surface area contributed by atoms with Gasteiger partial charge in [-0.25, -0.2) is 0 Å². The molecule has 0 saturated carbocycles. The zero-order valence-corrected chi connectivity index (χ0v) is 16.3. The van der Waals surface area contributed by atoms with Crippen molar-refractivity contribution >= 4 is 11.8 Å². The standard InChI is InChI=1S/C23H28N2O3/c1-28-13-12-24-23(27)21-15-20(19-10-6-3-7-11-19)16-25(17-21)22(26)14-18-8-4-2-5-9-18/h2-11,20-21H,12-17H2,1H3,(H,24,27)/t20-,21-/m1/s1. The molecule has 2 aromatic rings. The van der Waals surface area contributed by atoms with Crippen LogP contribution in [0.15, 0.2) is 60.7 Å². The van der Waals surface area contributed by atoms with E-state index >= 15 is 0 Å². The number of carbonyl (C=O) groups is 2. The number of benzene rings is 2. The van der Waals surface area contributed by atoms with E-state index < -0.39 is 0 Å². The number of hydrogen-bond donors (Lipinski definition) is 1. The SMILES string of the molecule is COCCNC(=O)[C@@H]1C[C@@H](c2ccccc2)CN(C(=O)Cc2ccccc2)C1. The lowest BCUT2D eigenvalue weighted by Crippen LogP contribution is -2.48. The van der Waals surface area contributed by atoms with E-state index in [-0.39, 0.29) is 23.7 Å². The molecule has 2 amide bonds. The van der Waals surface area contributed by atoms with Gasteiger partial charge in [-0.05, 0) is 17.5 Å². The Morgan fingerprint density at radius 3 is 2.39 bits per heavy atom. The van der Waals surface area contributed by atoms with E-state index in [4.69, 9.17) is 4.74 Å². The molecule has 1 aliphatic rings. The molecule has 0 spiro atoms. The van der Waals surface area contributed by atoms with Crippen molar-refractivity contribution in [1.82, 2.24) is 10.2 Å². The van der Waals surface area contributed by atoms with Crippen LogP contribution >= 0.6 is 0 Å². The van der Waals surface area contributed by atoms with Crippen molar-refractivity contribution in [3.05, 3.63) is 71.8 Å². The summed E-state index contributed by atoms with van der Waals surface area (Å²) in [6, 6.07) is 19.9. The Morgan fingerprint density at radius 1 is 1.04 bits per heavy atom. The number of nitrogens with one attached hydrogen (secondary N) is 1. The van der Waals surface area contributed by atoms with Gasteiger partial charge in [0.25, 0.3) is 0 Å². The van der Waals surface area contributed by atoms with Crippen LogP contribution in [0.4, 0.5) is 0 Å². The maximum absolute atomic E-state index is 12.9. The minimum absolute atomic E-state index is 0.00445. The first-order chi connectivity index (χ1) is 13.7. The number of ether oxygens (including phenoxy) is 1. The quantitative estimate of drug-likeness (QED) is 0.752. The first kappa shape index (κ1) is 20.1. The van der Waals surface area contributed by atoms with Gasteiger partial charge in [0.1, 0.15) is 0 Å². The van der Waals surface area contributed by atoms with Gasteiger partial charge in [0.05, 0.1) is 18.9 Å². The van der Waals surface area contributed by atoms with Gasteiger partial charge in [-0.2, -0.15) is 0 Å². The van der Waals surface area contributed by atoms with E-state index in [1.54, 1.807) is 7.11 Å². The molecule has 1 saturated heterocycles. The van der Waals surface area contributed by atoms with E-state index in [1.807, 2.05) is 53.4 Å². The summed E-state index contributed by atoms with van der Waals surface area (Å²) in [7, 11) is 1.61. The molecule has 2 aromatic carbocycles. The minimum atomic E-state index is -0.212. The van der Waals surface area contributed by atoms with Crippen LogP contribution in [0.1, 0.15) is 23.5 Å². The molecule has 0 bridgehead atoms. The van der Waals surface area contributed by atoms with Crippen LogP contribution < -0.4 is 5.32 Å². The second kappa shape index (κ2) is 10.0. The van der Waals surface area contributed by atoms with Gasteiger partial charge in [0.2, 0.25) is 11.8 Å². The Kier molecular flexibility index (Phi) is 7.20. The van der Waals surface area contributed by atoms with Gasteiger partial charge in [-0.1, -0.05) is 60.7 Å². The van der Waals surface area contributed by atoms with Crippen molar-refractivity contribution in [3.8, 4) is 0 Å². The molecule has 1 aliphatic heterocycles. The number of hydrogen-bond acceptors (Lipinski definition) is 3. The van der Waals surface area contributed by atoms with Gasteiger partial charge < -0.3 is 15.0 Å². The molecule has 1 N–H and O–H groups in total. The molecule has 0 aliphatic carbocycles. The average molecular weight is 380 g/mol. The average Bonchev–Trinajstić information content (AvgIpc) is 2.75. The maximum atomic E-state index is 12.9. The second-order valence-electron chi connectivity index (χ2n) is 7.29. The predicted molar refractivity (Wildman–Crippen MR) is 109 cm³/mol. The Labute approximate surface area is 166 Å². The number of methoxy groups -OCH3 is 1. The highest BCUT2D eigenvalue weighted by molar-refractivity contribution is 5.82. The van der Waals surface area contributed by atoms with Gasteiger partial charge in [-0.3, -0.25) is 9.59 Å².